The highest BCUT2D eigenvalue weighted by atomic mass is 16.3. The van der Waals surface area contributed by atoms with Crippen LogP contribution in [0.15, 0.2) is 30.3 Å². The smallest absolute Gasteiger partial charge is 0.123 e. The Morgan fingerprint density at radius 1 is 1.00 bits per heavy atom. The summed E-state index contributed by atoms with van der Waals surface area (Å²) in [5, 5.41) is 9.57. The summed E-state index contributed by atoms with van der Waals surface area (Å²) in [6.07, 6.45) is 1.10. The lowest BCUT2D eigenvalue weighted by atomic mass is 10.1. The Hall–Kier alpha value is -1.50. The molecule has 0 amide bonds. The molecule has 0 saturated carbocycles. The SMILES string of the molecule is Oc1ccc2c(c3cccc1-3)C2. The molecule has 58 valence electrons. The van der Waals surface area contributed by atoms with Gasteiger partial charge in [0.25, 0.3) is 0 Å². The van der Waals surface area contributed by atoms with Crippen LogP contribution in [0.5, 0.6) is 5.75 Å². The van der Waals surface area contributed by atoms with Crippen molar-refractivity contribution >= 4 is 0 Å². The molecule has 3 aliphatic carbocycles. The summed E-state index contributed by atoms with van der Waals surface area (Å²) >= 11 is 0. The monoisotopic (exact) mass is 156 g/mol. The fraction of sp³-hybridized carbons (Fsp3) is 0.0909. The van der Waals surface area contributed by atoms with Crippen LogP contribution in [0.1, 0.15) is 11.1 Å². The van der Waals surface area contributed by atoms with Crippen LogP contribution in [0, 0.1) is 0 Å². The van der Waals surface area contributed by atoms with Gasteiger partial charge < -0.3 is 5.11 Å². The van der Waals surface area contributed by atoms with Crippen LogP contribution < -0.4 is 0 Å². The second-order valence-electron chi connectivity index (χ2n) is 3.25. The van der Waals surface area contributed by atoms with Gasteiger partial charge in [-0.25, -0.2) is 0 Å². The summed E-state index contributed by atoms with van der Waals surface area (Å²) in [7, 11) is 0. The molecule has 0 fully saturated rings. The summed E-state index contributed by atoms with van der Waals surface area (Å²) in [6, 6.07) is 9.81. The minimum Gasteiger partial charge on any atom is -0.507 e. The minimum atomic E-state index is 0.391. The lowest BCUT2D eigenvalue weighted by Gasteiger charge is -1.94. The molecule has 0 aromatic rings. The molecule has 0 saturated heterocycles. The molecule has 0 spiro atoms. The lowest BCUT2D eigenvalue weighted by Crippen LogP contribution is -1.68. The van der Waals surface area contributed by atoms with E-state index in [1.165, 1.54) is 16.7 Å². The molecule has 0 aromatic carbocycles. The van der Waals surface area contributed by atoms with E-state index in [0.717, 1.165) is 12.0 Å². The second kappa shape index (κ2) is 1.81. The Labute approximate surface area is 70.6 Å². The average Bonchev–Trinajstić information content (AvgIpc) is 2.70. The zero-order chi connectivity index (χ0) is 8.13. The Bertz CT molecular complexity index is 423. The standard InChI is InChI=1S/C11H8O/c12-11-5-4-7-6-10(7)8-2-1-3-9(8)11/h1-5,12H,6H2. The normalized spacial score (nSPS) is 13.0. The number of fused-ring (bicyclic) bond motifs is 3. The third-order valence-electron chi connectivity index (χ3n) is 2.49. The highest BCUT2D eigenvalue weighted by molar-refractivity contribution is 5.80. The first-order valence-corrected chi connectivity index (χ1v) is 4.09. The fourth-order valence-electron chi connectivity index (χ4n) is 1.75. The van der Waals surface area contributed by atoms with E-state index in [0.29, 0.717) is 5.75 Å². The molecule has 1 heteroatoms. The van der Waals surface area contributed by atoms with Crippen LogP contribution in [-0.4, -0.2) is 5.11 Å². The lowest BCUT2D eigenvalue weighted by molar-refractivity contribution is 0.478. The first kappa shape index (κ1) is 6.06. The summed E-state index contributed by atoms with van der Waals surface area (Å²) in [4.78, 5) is 0. The minimum absolute atomic E-state index is 0.391. The van der Waals surface area contributed by atoms with Gasteiger partial charge >= 0.3 is 0 Å². The largest absolute Gasteiger partial charge is 0.507 e. The van der Waals surface area contributed by atoms with Crippen molar-refractivity contribution < 1.29 is 5.11 Å². The maximum Gasteiger partial charge on any atom is 0.123 e. The van der Waals surface area contributed by atoms with Crippen LogP contribution in [-0.2, 0) is 6.42 Å². The first-order valence-electron chi connectivity index (χ1n) is 4.09. The third-order valence-corrected chi connectivity index (χ3v) is 2.49. The van der Waals surface area contributed by atoms with Gasteiger partial charge in [0.1, 0.15) is 5.75 Å². The number of aromatic hydroxyl groups is 1. The Morgan fingerprint density at radius 2 is 1.83 bits per heavy atom. The molecule has 0 unspecified atom stereocenters. The van der Waals surface area contributed by atoms with Crippen molar-refractivity contribution in [2.75, 3.05) is 0 Å². The number of hydrogen-bond donors (Lipinski definition) is 1. The van der Waals surface area contributed by atoms with E-state index in [2.05, 4.69) is 6.07 Å². The van der Waals surface area contributed by atoms with Crippen LogP contribution in [0.25, 0.3) is 11.1 Å². The molecule has 0 radical (unpaired) electrons. The van der Waals surface area contributed by atoms with E-state index in [1.54, 1.807) is 6.07 Å². The van der Waals surface area contributed by atoms with Gasteiger partial charge in [0.2, 0.25) is 0 Å². The van der Waals surface area contributed by atoms with Gasteiger partial charge in [-0.1, -0.05) is 24.3 Å². The van der Waals surface area contributed by atoms with Crippen molar-refractivity contribution in [3.8, 4) is 16.9 Å². The van der Waals surface area contributed by atoms with Gasteiger partial charge in [0.05, 0.1) is 0 Å². The summed E-state index contributed by atoms with van der Waals surface area (Å²) in [5.41, 5.74) is 4.96. The summed E-state index contributed by atoms with van der Waals surface area (Å²) < 4.78 is 0. The fourth-order valence-corrected chi connectivity index (χ4v) is 1.75. The van der Waals surface area contributed by atoms with E-state index >= 15 is 0 Å². The van der Waals surface area contributed by atoms with Gasteiger partial charge in [-0.2, -0.15) is 0 Å². The van der Waals surface area contributed by atoms with Gasteiger partial charge in [-0.3, -0.25) is 0 Å². The molecule has 0 bridgehead atoms. The topological polar surface area (TPSA) is 20.2 Å². The maximum atomic E-state index is 9.57. The molecule has 3 aliphatic rings. The summed E-state index contributed by atoms with van der Waals surface area (Å²) in [6.45, 7) is 0. The molecule has 3 rings (SSSR count). The molecule has 0 heterocycles. The molecule has 12 heavy (non-hydrogen) atoms. The molecular weight excluding hydrogens is 148 g/mol. The zero-order valence-electron chi connectivity index (χ0n) is 6.54. The molecule has 0 atom stereocenters. The van der Waals surface area contributed by atoms with Crippen LogP contribution in [0.3, 0.4) is 0 Å². The van der Waals surface area contributed by atoms with Gasteiger partial charge in [-0.15, -0.1) is 0 Å². The second-order valence-corrected chi connectivity index (χ2v) is 3.25. The Kier molecular flexibility index (Phi) is 0.912. The van der Waals surface area contributed by atoms with Crippen molar-refractivity contribution in [3.63, 3.8) is 0 Å². The maximum absolute atomic E-state index is 9.57. The molecular formula is C11H8O. The molecule has 0 aliphatic heterocycles. The first-order chi connectivity index (χ1) is 5.86. The van der Waals surface area contributed by atoms with Gasteiger partial charge in [-0.05, 0) is 29.2 Å². The van der Waals surface area contributed by atoms with Crippen molar-refractivity contribution in [1.29, 1.82) is 0 Å². The van der Waals surface area contributed by atoms with Gasteiger partial charge in [0, 0.05) is 5.56 Å². The third kappa shape index (κ3) is 0.632. The number of hydrogen-bond acceptors (Lipinski definition) is 1. The van der Waals surface area contributed by atoms with Crippen molar-refractivity contribution in [2.24, 2.45) is 0 Å². The van der Waals surface area contributed by atoms with E-state index in [4.69, 9.17) is 0 Å². The van der Waals surface area contributed by atoms with Crippen LogP contribution in [0.4, 0.5) is 0 Å². The molecule has 0 aromatic heterocycles. The van der Waals surface area contributed by atoms with Crippen molar-refractivity contribution in [3.05, 3.63) is 41.5 Å². The average molecular weight is 156 g/mol. The van der Waals surface area contributed by atoms with Crippen LogP contribution >= 0.6 is 0 Å². The van der Waals surface area contributed by atoms with Crippen molar-refractivity contribution in [1.82, 2.24) is 0 Å². The van der Waals surface area contributed by atoms with E-state index in [9.17, 15) is 5.11 Å². The van der Waals surface area contributed by atoms with Crippen LogP contribution in [0.2, 0.25) is 0 Å². The van der Waals surface area contributed by atoms with Crippen molar-refractivity contribution in [2.45, 2.75) is 6.42 Å². The Morgan fingerprint density at radius 3 is 2.75 bits per heavy atom. The molecule has 1 N–H and O–H groups in total. The predicted octanol–water partition coefficient (Wildman–Crippen LogP) is 2.40. The highest BCUT2D eigenvalue weighted by Crippen LogP contribution is 2.42. The predicted molar refractivity (Wildman–Crippen MR) is 47.5 cm³/mol. The Balaban J connectivity index is 2.46. The molecule has 1 nitrogen and oxygen atoms in total. The summed E-state index contributed by atoms with van der Waals surface area (Å²) in [5.74, 6) is 0.391. The van der Waals surface area contributed by atoms with E-state index in [-0.39, 0.29) is 0 Å². The van der Waals surface area contributed by atoms with Gasteiger partial charge in [0.15, 0.2) is 0 Å². The quantitative estimate of drug-likeness (QED) is 0.530. The number of rotatable bonds is 0. The zero-order valence-corrected chi connectivity index (χ0v) is 6.54. The van der Waals surface area contributed by atoms with E-state index in [1.807, 2.05) is 18.2 Å². The highest BCUT2D eigenvalue weighted by Gasteiger charge is 2.22. The van der Waals surface area contributed by atoms with E-state index < -0.39 is 0 Å².